The predicted octanol–water partition coefficient (Wildman–Crippen LogP) is 1.45. The third kappa shape index (κ3) is 3.98. The van der Waals surface area contributed by atoms with Gasteiger partial charge >= 0.3 is 0 Å². The van der Waals surface area contributed by atoms with Crippen molar-refractivity contribution in [3.05, 3.63) is 29.8 Å². The lowest BCUT2D eigenvalue weighted by molar-refractivity contribution is -0.145. The number of rotatable bonds is 9. The van der Waals surface area contributed by atoms with Gasteiger partial charge in [-0.1, -0.05) is 12.1 Å². The van der Waals surface area contributed by atoms with E-state index in [-0.39, 0.29) is 0 Å². The standard InChI is InChI=1S/C17H23NO4/c1-3-14(20-11-16-12-22-16)4-2-13(1)5-7-18(9-15-10-21-15)17-6-8-19-17/h1-4,15-17H,5-12H2. The Morgan fingerprint density at radius 2 is 1.77 bits per heavy atom. The van der Waals surface area contributed by atoms with Gasteiger partial charge < -0.3 is 18.9 Å². The minimum atomic E-state index is 0.297. The number of ether oxygens (including phenoxy) is 4. The van der Waals surface area contributed by atoms with E-state index in [0.717, 1.165) is 51.5 Å². The van der Waals surface area contributed by atoms with Crippen molar-refractivity contribution in [3.8, 4) is 5.75 Å². The Labute approximate surface area is 131 Å². The number of nitrogens with zero attached hydrogens (tertiary/aromatic N) is 1. The lowest BCUT2D eigenvalue weighted by atomic mass is 10.1. The summed E-state index contributed by atoms with van der Waals surface area (Å²) in [5.74, 6) is 0.921. The van der Waals surface area contributed by atoms with Crippen molar-refractivity contribution in [1.29, 1.82) is 0 Å². The average molecular weight is 305 g/mol. The molecule has 4 rings (SSSR count). The summed E-state index contributed by atoms with van der Waals surface area (Å²) in [4.78, 5) is 2.41. The fourth-order valence-electron chi connectivity index (χ4n) is 2.68. The molecule has 0 bridgehead atoms. The predicted molar refractivity (Wildman–Crippen MR) is 81.1 cm³/mol. The highest BCUT2D eigenvalue weighted by atomic mass is 16.6. The van der Waals surface area contributed by atoms with Gasteiger partial charge in [0.2, 0.25) is 0 Å². The van der Waals surface area contributed by atoms with Crippen molar-refractivity contribution in [2.45, 2.75) is 31.3 Å². The first kappa shape index (κ1) is 14.5. The SMILES string of the molecule is c1cc(OCC2CO2)ccc1CCN(CC1CO1)C1CCO1. The van der Waals surface area contributed by atoms with E-state index in [4.69, 9.17) is 18.9 Å². The van der Waals surface area contributed by atoms with Crippen LogP contribution in [0.4, 0.5) is 0 Å². The molecular formula is C17H23NO4. The van der Waals surface area contributed by atoms with Crippen LogP contribution in [0.1, 0.15) is 12.0 Å². The second-order valence-corrected chi connectivity index (χ2v) is 6.22. The molecule has 0 aliphatic carbocycles. The molecule has 3 saturated heterocycles. The van der Waals surface area contributed by atoms with Crippen LogP contribution in [0, 0.1) is 0 Å². The maximum atomic E-state index is 5.66. The van der Waals surface area contributed by atoms with Crippen LogP contribution in [0.2, 0.25) is 0 Å². The lowest BCUT2D eigenvalue weighted by Gasteiger charge is -2.37. The van der Waals surface area contributed by atoms with Crippen LogP contribution < -0.4 is 4.74 Å². The Kier molecular flexibility index (Phi) is 4.30. The van der Waals surface area contributed by atoms with Gasteiger partial charge in [0.25, 0.3) is 0 Å². The highest BCUT2D eigenvalue weighted by molar-refractivity contribution is 5.27. The Hall–Kier alpha value is -1.14. The zero-order valence-corrected chi connectivity index (χ0v) is 12.8. The summed E-state index contributed by atoms with van der Waals surface area (Å²) in [7, 11) is 0. The topological polar surface area (TPSA) is 46.8 Å². The van der Waals surface area contributed by atoms with Gasteiger partial charge in [-0.05, 0) is 24.1 Å². The van der Waals surface area contributed by atoms with Crippen molar-refractivity contribution in [2.75, 3.05) is 39.5 Å². The second kappa shape index (κ2) is 6.54. The first-order valence-corrected chi connectivity index (χ1v) is 8.17. The van der Waals surface area contributed by atoms with Gasteiger partial charge in [0.05, 0.1) is 25.9 Å². The fraction of sp³-hybridized carbons (Fsp3) is 0.647. The van der Waals surface area contributed by atoms with E-state index in [9.17, 15) is 0 Å². The summed E-state index contributed by atoms with van der Waals surface area (Å²) >= 11 is 0. The van der Waals surface area contributed by atoms with Gasteiger partial charge in [0, 0.05) is 19.5 Å². The van der Waals surface area contributed by atoms with Crippen LogP contribution in [0.25, 0.3) is 0 Å². The van der Waals surface area contributed by atoms with Crippen LogP contribution in [-0.2, 0) is 20.6 Å². The van der Waals surface area contributed by atoms with E-state index < -0.39 is 0 Å². The smallest absolute Gasteiger partial charge is 0.119 e. The van der Waals surface area contributed by atoms with E-state index in [2.05, 4.69) is 17.0 Å². The lowest BCUT2D eigenvalue weighted by Crippen LogP contribution is -2.47. The number of benzene rings is 1. The Bertz CT molecular complexity index is 480. The molecule has 3 aliphatic rings. The van der Waals surface area contributed by atoms with E-state index >= 15 is 0 Å². The molecule has 1 aromatic carbocycles. The maximum Gasteiger partial charge on any atom is 0.119 e. The fourth-order valence-corrected chi connectivity index (χ4v) is 2.68. The van der Waals surface area contributed by atoms with E-state index in [1.54, 1.807) is 0 Å². The molecule has 0 aromatic heterocycles. The van der Waals surface area contributed by atoms with E-state index in [0.29, 0.717) is 25.0 Å². The molecule has 3 atom stereocenters. The van der Waals surface area contributed by atoms with Crippen LogP contribution in [-0.4, -0.2) is 62.9 Å². The minimum absolute atomic E-state index is 0.297. The molecule has 22 heavy (non-hydrogen) atoms. The number of hydrogen-bond donors (Lipinski definition) is 0. The third-order valence-electron chi connectivity index (χ3n) is 4.37. The van der Waals surface area contributed by atoms with Crippen LogP contribution in [0.15, 0.2) is 24.3 Å². The highest BCUT2D eigenvalue weighted by Gasteiger charge is 2.32. The summed E-state index contributed by atoms with van der Waals surface area (Å²) in [6, 6.07) is 8.39. The molecule has 5 heteroatoms. The largest absolute Gasteiger partial charge is 0.491 e. The Morgan fingerprint density at radius 1 is 1.05 bits per heavy atom. The van der Waals surface area contributed by atoms with Crippen LogP contribution in [0.3, 0.4) is 0 Å². The molecule has 3 aliphatic heterocycles. The highest BCUT2D eigenvalue weighted by Crippen LogP contribution is 2.21. The molecule has 3 heterocycles. The van der Waals surface area contributed by atoms with E-state index in [1.807, 2.05) is 12.1 Å². The van der Waals surface area contributed by atoms with Crippen LogP contribution >= 0.6 is 0 Å². The Morgan fingerprint density at radius 3 is 2.36 bits per heavy atom. The number of hydrogen-bond acceptors (Lipinski definition) is 5. The molecule has 0 spiro atoms. The van der Waals surface area contributed by atoms with Crippen molar-refractivity contribution in [1.82, 2.24) is 4.90 Å². The maximum absolute atomic E-state index is 5.66. The normalized spacial score (nSPS) is 29.2. The molecule has 120 valence electrons. The molecule has 3 fully saturated rings. The monoisotopic (exact) mass is 305 g/mol. The average Bonchev–Trinajstić information content (AvgIpc) is 3.36. The molecule has 1 aromatic rings. The van der Waals surface area contributed by atoms with Crippen molar-refractivity contribution < 1.29 is 18.9 Å². The molecule has 0 amide bonds. The summed E-state index contributed by atoms with van der Waals surface area (Å²) in [5, 5.41) is 0. The van der Waals surface area contributed by atoms with Gasteiger partial charge in [0.15, 0.2) is 0 Å². The zero-order valence-electron chi connectivity index (χ0n) is 12.8. The molecule has 3 unspecified atom stereocenters. The number of epoxide rings is 2. The molecule has 0 N–H and O–H groups in total. The van der Waals surface area contributed by atoms with Crippen LogP contribution in [0.5, 0.6) is 5.75 Å². The van der Waals surface area contributed by atoms with Gasteiger partial charge in [-0.25, -0.2) is 0 Å². The van der Waals surface area contributed by atoms with Gasteiger partial charge in [-0.15, -0.1) is 0 Å². The van der Waals surface area contributed by atoms with Crippen molar-refractivity contribution >= 4 is 0 Å². The minimum Gasteiger partial charge on any atom is -0.491 e. The summed E-state index contributed by atoms with van der Waals surface area (Å²) in [5.41, 5.74) is 1.33. The van der Waals surface area contributed by atoms with Gasteiger partial charge in [0.1, 0.15) is 24.7 Å². The quantitative estimate of drug-likeness (QED) is 0.646. The zero-order chi connectivity index (χ0) is 14.8. The second-order valence-electron chi connectivity index (χ2n) is 6.22. The first-order chi connectivity index (χ1) is 10.9. The summed E-state index contributed by atoms with van der Waals surface area (Å²) < 4.78 is 21.8. The van der Waals surface area contributed by atoms with Gasteiger partial charge in [-0.3, -0.25) is 4.90 Å². The molecule has 5 nitrogen and oxygen atoms in total. The molecule has 0 radical (unpaired) electrons. The third-order valence-corrected chi connectivity index (χ3v) is 4.37. The Balaban J connectivity index is 1.25. The van der Waals surface area contributed by atoms with E-state index in [1.165, 1.54) is 5.56 Å². The molecular weight excluding hydrogens is 282 g/mol. The summed E-state index contributed by atoms with van der Waals surface area (Å²) in [6.45, 7) is 5.30. The van der Waals surface area contributed by atoms with Crippen molar-refractivity contribution in [3.63, 3.8) is 0 Å². The first-order valence-electron chi connectivity index (χ1n) is 8.17. The van der Waals surface area contributed by atoms with Gasteiger partial charge in [-0.2, -0.15) is 0 Å². The van der Waals surface area contributed by atoms with Crippen molar-refractivity contribution in [2.24, 2.45) is 0 Å². The summed E-state index contributed by atoms with van der Waals surface area (Å²) in [6.07, 6.45) is 3.19. The molecule has 0 saturated carbocycles.